The summed E-state index contributed by atoms with van der Waals surface area (Å²) in [4.78, 5) is 12.6. The Bertz CT molecular complexity index is 912. The predicted octanol–water partition coefficient (Wildman–Crippen LogP) is 4.75. The number of fused-ring (bicyclic) bond motifs is 1. The molecular weight excluding hydrogens is 320 g/mol. The lowest BCUT2D eigenvalue weighted by Crippen LogP contribution is -2.20. The number of nitrogens with zero attached hydrogens (tertiary/aromatic N) is 2. The summed E-state index contributed by atoms with van der Waals surface area (Å²) < 4.78 is 1.91. The highest BCUT2D eigenvalue weighted by Crippen LogP contribution is 2.34. The van der Waals surface area contributed by atoms with Gasteiger partial charge in [0.1, 0.15) is 0 Å². The van der Waals surface area contributed by atoms with Crippen LogP contribution in [0.5, 0.6) is 0 Å². The quantitative estimate of drug-likeness (QED) is 0.677. The molecule has 4 rings (SSSR count). The van der Waals surface area contributed by atoms with Crippen molar-refractivity contribution >= 4 is 17.4 Å². The van der Waals surface area contributed by atoms with Crippen LogP contribution in [0.25, 0.3) is 5.69 Å². The van der Waals surface area contributed by atoms with Gasteiger partial charge in [-0.2, -0.15) is 5.10 Å². The molecule has 24 heavy (non-hydrogen) atoms. The fourth-order valence-corrected chi connectivity index (χ4v) is 3.52. The molecule has 1 atom stereocenters. The zero-order chi connectivity index (χ0) is 16.7. The topological polar surface area (TPSA) is 34.9 Å². The van der Waals surface area contributed by atoms with Crippen LogP contribution in [0.3, 0.4) is 0 Å². The fourth-order valence-electron chi connectivity index (χ4n) is 3.40. The number of carbonyl (C=O) groups excluding carboxylic acids is 1. The Morgan fingerprint density at radius 2 is 1.92 bits per heavy atom. The van der Waals surface area contributed by atoms with Crippen molar-refractivity contribution in [2.75, 3.05) is 0 Å². The van der Waals surface area contributed by atoms with E-state index in [-0.39, 0.29) is 11.7 Å². The number of Topliss-reactive ketones (excluding diaryl/α,β-unsaturated/α-hetero) is 1. The molecule has 3 aromatic rings. The fraction of sp³-hybridized carbons (Fsp3) is 0.200. The first-order valence-corrected chi connectivity index (χ1v) is 8.42. The monoisotopic (exact) mass is 336 g/mol. The summed E-state index contributed by atoms with van der Waals surface area (Å²) >= 11 is 5.98. The third kappa shape index (κ3) is 2.65. The van der Waals surface area contributed by atoms with Crippen LogP contribution in [-0.4, -0.2) is 15.6 Å². The van der Waals surface area contributed by atoms with Gasteiger partial charge in [-0.15, -0.1) is 0 Å². The zero-order valence-corrected chi connectivity index (χ0v) is 14.1. The Hall–Kier alpha value is -2.39. The summed E-state index contributed by atoms with van der Waals surface area (Å²) in [5, 5.41) is 5.19. The second-order valence-corrected chi connectivity index (χ2v) is 6.77. The van der Waals surface area contributed by atoms with Crippen LogP contribution in [0.1, 0.15) is 39.5 Å². The lowest BCUT2D eigenvalue weighted by atomic mass is 9.82. The Labute approximate surface area is 145 Å². The number of benzene rings is 2. The van der Waals surface area contributed by atoms with E-state index in [1.807, 2.05) is 41.1 Å². The Balaban J connectivity index is 1.75. The number of hydrogen-bond donors (Lipinski definition) is 0. The van der Waals surface area contributed by atoms with Crippen LogP contribution in [0.15, 0.2) is 54.7 Å². The molecule has 4 heteroatoms. The summed E-state index contributed by atoms with van der Waals surface area (Å²) in [6.45, 7) is 2.06. The van der Waals surface area contributed by atoms with E-state index < -0.39 is 0 Å². The second kappa shape index (κ2) is 5.91. The third-order valence-corrected chi connectivity index (χ3v) is 4.88. The van der Waals surface area contributed by atoms with Crippen molar-refractivity contribution in [2.24, 2.45) is 0 Å². The van der Waals surface area contributed by atoms with Crippen LogP contribution in [-0.2, 0) is 6.42 Å². The Morgan fingerprint density at radius 1 is 1.12 bits per heavy atom. The van der Waals surface area contributed by atoms with Crippen molar-refractivity contribution in [3.8, 4) is 5.69 Å². The van der Waals surface area contributed by atoms with Gasteiger partial charge in [0.2, 0.25) is 0 Å². The first kappa shape index (κ1) is 15.2. The van der Waals surface area contributed by atoms with E-state index in [2.05, 4.69) is 24.2 Å². The molecule has 1 aromatic heterocycles. The summed E-state index contributed by atoms with van der Waals surface area (Å²) in [7, 11) is 0. The number of halogens is 1. The normalized spacial score (nSPS) is 16.9. The second-order valence-electron chi connectivity index (χ2n) is 6.34. The van der Waals surface area contributed by atoms with Crippen molar-refractivity contribution in [3.05, 3.63) is 82.1 Å². The highest BCUT2D eigenvalue weighted by atomic mass is 35.5. The molecule has 0 aliphatic heterocycles. The minimum Gasteiger partial charge on any atom is -0.294 e. The van der Waals surface area contributed by atoms with E-state index in [0.717, 1.165) is 28.9 Å². The van der Waals surface area contributed by atoms with E-state index in [4.69, 9.17) is 11.6 Å². The number of hydrogen-bond acceptors (Lipinski definition) is 2. The minimum atomic E-state index is 0.162. The van der Waals surface area contributed by atoms with Gasteiger partial charge in [0, 0.05) is 11.4 Å². The average molecular weight is 337 g/mol. The molecular formula is C20H17ClN2O. The van der Waals surface area contributed by atoms with Crippen LogP contribution in [0.2, 0.25) is 5.02 Å². The number of aromatic nitrogens is 2. The molecule has 0 N–H and O–H groups in total. The third-order valence-electron chi connectivity index (χ3n) is 4.63. The minimum absolute atomic E-state index is 0.162. The van der Waals surface area contributed by atoms with Gasteiger partial charge >= 0.3 is 0 Å². The largest absolute Gasteiger partial charge is 0.294 e. The smallest absolute Gasteiger partial charge is 0.166 e. The van der Waals surface area contributed by atoms with Gasteiger partial charge in [-0.05, 0) is 54.7 Å². The van der Waals surface area contributed by atoms with E-state index in [1.165, 1.54) is 5.56 Å². The van der Waals surface area contributed by atoms with Crippen LogP contribution in [0, 0.1) is 6.92 Å². The maximum atomic E-state index is 12.6. The van der Waals surface area contributed by atoms with Crippen LogP contribution >= 0.6 is 11.6 Å². The molecule has 0 unspecified atom stereocenters. The van der Waals surface area contributed by atoms with Crippen LogP contribution < -0.4 is 0 Å². The molecule has 0 amide bonds. The molecule has 0 bridgehead atoms. The van der Waals surface area contributed by atoms with E-state index in [9.17, 15) is 4.79 Å². The van der Waals surface area contributed by atoms with Gasteiger partial charge in [-0.1, -0.05) is 35.9 Å². The number of ketones is 1. The predicted molar refractivity (Wildman–Crippen MR) is 95.1 cm³/mol. The van der Waals surface area contributed by atoms with Crippen molar-refractivity contribution in [1.82, 2.24) is 9.78 Å². The number of rotatable bonds is 2. The summed E-state index contributed by atoms with van der Waals surface area (Å²) in [6, 6.07) is 16.0. The first-order valence-electron chi connectivity index (χ1n) is 8.04. The SMILES string of the molecule is Cc1cccc(-n2ncc3c2C[C@H](c2ccc(Cl)cc2)CC3=O)c1. The van der Waals surface area contributed by atoms with Gasteiger partial charge in [-0.25, -0.2) is 4.68 Å². The van der Waals surface area contributed by atoms with Gasteiger partial charge in [-0.3, -0.25) is 4.79 Å². The molecule has 3 nitrogen and oxygen atoms in total. The van der Waals surface area contributed by atoms with Crippen molar-refractivity contribution in [3.63, 3.8) is 0 Å². The molecule has 0 saturated heterocycles. The molecule has 1 heterocycles. The Kier molecular flexibility index (Phi) is 3.73. The van der Waals surface area contributed by atoms with Crippen molar-refractivity contribution in [2.45, 2.75) is 25.7 Å². The molecule has 120 valence electrons. The van der Waals surface area contributed by atoms with E-state index in [1.54, 1.807) is 6.20 Å². The lowest BCUT2D eigenvalue weighted by molar-refractivity contribution is 0.0964. The molecule has 2 aromatic carbocycles. The van der Waals surface area contributed by atoms with Crippen molar-refractivity contribution < 1.29 is 4.79 Å². The maximum absolute atomic E-state index is 12.6. The standard InChI is InChI=1S/C20H17ClN2O/c1-13-3-2-4-17(9-13)23-19-10-15(11-20(24)18(19)12-22-23)14-5-7-16(21)8-6-14/h2-9,12,15H,10-11H2,1H3/t15-/m0/s1. The molecule has 0 saturated carbocycles. The van der Waals surface area contributed by atoms with E-state index in [0.29, 0.717) is 11.4 Å². The van der Waals surface area contributed by atoms with Crippen molar-refractivity contribution in [1.29, 1.82) is 0 Å². The van der Waals surface area contributed by atoms with Gasteiger partial charge in [0.15, 0.2) is 5.78 Å². The number of aryl methyl sites for hydroxylation is 1. The van der Waals surface area contributed by atoms with Crippen LogP contribution in [0.4, 0.5) is 0 Å². The van der Waals surface area contributed by atoms with Gasteiger partial charge in [0.05, 0.1) is 23.1 Å². The highest BCUT2D eigenvalue weighted by molar-refractivity contribution is 6.30. The average Bonchev–Trinajstić information content (AvgIpc) is 3.00. The van der Waals surface area contributed by atoms with Gasteiger partial charge < -0.3 is 0 Å². The highest BCUT2D eigenvalue weighted by Gasteiger charge is 2.30. The molecule has 1 aliphatic carbocycles. The summed E-state index contributed by atoms with van der Waals surface area (Å²) in [5.74, 6) is 0.331. The summed E-state index contributed by atoms with van der Waals surface area (Å²) in [5.41, 5.74) is 5.07. The van der Waals surface area contributed by atoms with Gasteiger partial charge in [0.25, 0.3) is 0 Å². The van der Waals surface area contributed by atoms with E-state index >= 15 is 0 Å². The Morgan fingerprint density at radius 3 is 2.67 bits per heavy atom. The first-order chi connectivity index (χ1) is 11.6. The summed E-state index contributed by atoms with van der Waals surface area (Å²) in [6.07, 6.45) is 3.03. The maximum Gasteiger partial charge on any atom is 0.166 e. The molecule has 0 spiro atoms. The molecule has 0 fully saturated rings. The zero-order valence-electron chi connectivity index (χ0n) is 13.4. The molecule has 0 radical (unpaired) electrons. The number of carbonyl (C=O) groups is 1. The lowest BCUT2D eigenvalue weighted by Gasteiger charge is -2.23. The molecule has 1 aliphatic rings.